The number of aromatic amines is 1. The van der Waals surface area contributed by atoms with Gasteiger partial charge in [-0.2, -0.15) is 0 Å². The van der Waals surface area contributed by atoms with E-state index in [1.54, 1.807) is 0 Å². The molecule has 0 fully saturated rings. The van der Waals surface area contributed by atoms with Crippen LogP contribution in [-0.2, 0) is 0 Å². The molecular formula is C14H10IN3O. The van der Waals surface area contributed by atoms with Gasteiger partial charge in [-0.15, -0.1) is 0 Å². The number of nitrogens with one attached hydrogen (secondary N) is 2. The summed E-state index contributed by atoms with van der Waals surface area (Å²) in [6.45, 7) is 0. The first-order valence-electron chi connectivity index (χ1n) is 5.73. The third-order valence-electron chi connectivity index (χ3n) is 2.81. The number of halogens is 1. The van der Waals surface area contributed by atoms with Crippen molar-refractivity contribution in [2.75, 3.05) is 5.32 Å². The highest BCUT2D eigenvalue weighted by atomic mass is 127. The molecule has 0 saturated carbocycles. The van der Waals surface area contributed by atoms with E-state index in [-0.39, 0.29) is 5.56 Å². The third-order valence-corrected chi connectivity index (χ3v) is 3.81. The summed E-state index contributed by atoms with van der Waals surface area (Å²) in [6, 6.07) is 14.2. The van der Waals surface area contributed by atoms with Crippen LogP contribution in [0.5, 0.6) is 0 Å². The first-order valence-corrected chi connectivity index (χ1v) is 6.81. The van der Waals surface area contributed by atoms with E-state index in [9.17, 15) is 4.79 Å². The standard InChI is InChI=1S/C14H10IN3O/c15-12-13(16-8-17-14(12)19)18-11-6-5-9-3-1-2-4-10(9)7-11/h1-8H,(H2,16,17,18,19). The Morgan fingerprint density at radius 1 is 1.11 bits per heavy atom. The first kappa shape index (κ1) is 12.2. The van der Waals surface area contributed by atoms with E-state index < -0.39 is 0 Å². The predicted octanol–water partition coefficient (Wildman–Crippen LogP) is 3.27. The zero-order valence-electron chi connectivity index (χ0n) is 9.85. The Morgan fingerprint density at radius 2 is 1.89 bits per heavy atom. The number of benzene rings is 2. The molecule has 3 rings (SSSR count). The number of aromatic nitrogens is 2. The minimum Gasteiger partial charge on any atom is -0.339 e. The molecule has 0 atom stereocenters. The molecule has 0 unspecified atom stereocenters. The van der Waals surface area contributed by atoms with Crippen molar-refractivity contribution in [3.8, 4) is 0 Å². The predicted molar refractivity (Wildman–Crippen MR) is 84.8 cm³/mol. The molecule has 0 aliphatic heterocycles. The molecular weight excluding hydrogens is 353 g/mol. The van der Waals surface area contributed by atoms with Crippen molar-refractivity contribution in [2.45, 2.75) is 0 Å². The second kappa shape index (κ2) is 5.00. The number of rotatable bonds is 2. The molecule has 0 saturated heterocycles. The van der Waals surface area contributed by atoms with Crippen molar-refractivity contribution in [1.82, 2.24) is 9.97 Å². The minimum atomic E-state index is -0.140. The molecule has 5 heteroatoms. The van der Waals surface area contributed by atoms with Crippen LogP contribution in [0.15, 0.2) is 53.6 Å². The monoisotopic (exact) mass is 363 g/mol. The molecule has 0 aliphatic rings. The Morgan fingerprint density at radius 3 is 2.74 bits per heavy atom. The molecule has 0 amide bonds. The summed E-state index contributed by atoms with van der Waals surface area (Å²) in [4.78, 5) is 18.2. The molecule has 19 heavy (non-hydrogen) atoms. The Balaban J connectivity index is 2.01. The number of H-pyrrole nitrogens is 1. The normalized spacial score (nSPS) is 10.6. The summed E-state index contributed by atoms with van der Waals surface area (Å²) < 4.78 is 0.549. The Kier molecular flexibility index (Phi) is 3.20. The fourth-order valence-electron chi connectivity index (χ4n) is 1.87. The highest BCUT2D eigenvalue weighted by molar-refractivity contribution is 14.1. The SMILES string of the molecule is O=c1[nH]cnc(Nc2ccc3ccccc3c2)c1I. The summed E-state index contributed by atoms with van der Waals surface area (Å²) in [5.74, 6) is 0.569. The molecule has 2 aromatic carbocycles. The van der Waals surface area contributed by atoms with Crippen LogP contribution < -0.4 is 10.9 Å². The molecule has 0 aliphatic carbocycles. The van der Waals surface area contributed by atoms with Crippen LogP contribution in [0, 0.1) is 3.57 Å². The minimum absolute atomic E-state index is 0.140. The van der Waals surface area contributed by atoms with Crippen LogP contribution in [-0.4, -0.2) is 9.97 Å². The Hall–Kier alpha value is -1.89. The van der Waals surface area contributed by atoms with Crippen molar-refractivity contribution in [3.63, 3.8) is 0 Å². The van der Waals surface area contributed by atoms with E-state index in [0.717, 1.165) is 11.1 Å². The van der Waals surface area contributed by atoms with Gasteiger partial charge < -0.3 is 10.3 Å². The summed E-state index contributed by atoms with van der Waals surface area (Å²) >= 11 is 1.98. The third kappa shape index (κ3) is 2.46. The number of anilines is 2. The number of fused-ring (bicyclic) bond motifs is 1. The van der Waals surface area contributed by atoms with E-state index in [1.165, 1.54) is 11.7 Å². The fourth-order valence-corrected chi connectivity index (χ4v) is 2.30. The van der Waals surface area contributed by atoms with Crippen LogP contribution in [0.2, 0.25) is 0 Å². The largest absolute Gasteiger partial charge is 0.339 e. The van der Waals surface area contributed by atoms with Gasteiger partial charge in [-0.25, -0.2) is 4.98 Å². The summed E-state index contributed by atoms with van der Waals surface area (Å²) in [5.41, 5.74) is 0.772. The summed E-state index contributed by atoms with van der Waals surface area (Å²) in [6.07, 6.45) is 1.40. The highest BCUT2D eigenvalue weighted by Gasteiger charge is 2.05. The van der Waals surface area contributed by atoms with E-state index >= 15 is 0 Å². The second-order valence-corrected chi connectivity index (χ2v) is 5.16. The lowest BCUT2D eigenvalue weighted by Crippen LogP contribution is -2.12. The van der Waals surface area contributed by atoms with Crippen LogP contribution in [0.3, 0.4) is 0 Å². The number of hydrogen-bond donors (Lipinski definition) is 2. The fraction of sp³-hybridized carbons (Fsp3) is 0. The van der Waals surface area contributed by atoms with Gasteiger partial charge in [0.05, 0.1) is 6.33 Å². The van der Waals surface area contributed by atoms with Gasteiger partial charge >= 0.3 is 0 Å². The van der Waals surface area contributed by atoms with Crippen LogP contribution in [0.25, 0.3) is 10.8 Å². The Bertz CT molecular complexity index is 798. The van der Waals surface area contributed by atoms with Crippen LogP contribution >= 0.6 is 22.6 Å². The van der Waals surface area contributed by atoms with Gasteiger partial charge in [0.15, 0.2) is 5.82 Å². The molecule has 4 nitrogen and oxygen atoms in total. The topological polar surface area (TPSA) is 57.8 Å². The molecule has 1 aromatic heterocycles. The molecule has 0 bridgehead atoms. The van der Waals surface area contributed by atoms with Gasteiger partial charge in [0, 0.05) is 5.69 Å². The van der Waals surface area contributed by atoms with E-state index in [0.29, 0.717) is 9.39 Å². The highest BCUT2D eigenvalue weighted by Crippen LogP contribution is 2.22. The first-order chi connectivity index (χ1) is 9.24. The smallest absolute Gasteiger partial charge is 0.266 e. The average molecular weight is 363 g/mol. The van der Waals surface area contributed by atoms with Crippen LogP contribution in [0.1, 0.15) is 0 Å². The van der Waals surface area contributed by atoms with E-state index in [2.05, 4.69) is 27.4 Å². The maximum Gasteiger partial charge on any atom is 0.266 e. The molecule has 0 radical (unpaired) electrons. The van der Waals surface area contributed by atoms with Crippen molar-refractivity contribution in [1.29, 1.82) is 0 Å². The molecule has 3 aromatic rings. The molecule has 0 spiro atoms. The molecule has 1 heterocycles. The van der Waals surface area contributed by atoms with Crippen molar-refractivity contribution >= 4 is 44.9 Å². The van der Waals surface area contributed by atoms with Gasteiger partial charge in [-0.3, -0.25) is 4.79 Å². The van der Waals surface area contributed by atoms with Crippen molar-refractivity contribution in [2.24, 2.45) is 0 Å². The maximum absolute atomic E-state index is 11.5. The average Bonchev–Trinajstić information content (AvgIpc) is 2.44. The summed E-state index contributed by atoms with van der Waals surface area (Å²) in [7, 11) is 0. The number of nitrogens with zero attached hydrogens (tertiary/aromatic N) is 1. The quantitative estimate of drug-likeness (QED) is 0.688. The van der Waals surface area contributed by atoms with Crippen LogP contribution in [0.4, 0.5) is 11.5 Å². The van der Waals surface area contributed by atoms with Gasteiger partial charge in [0.25, 0.3) is 5.56 Å². The lowest BCUT2D eigenvalue weighted by atomic mass is 10.1. The Labute approximate surface area is 123 Å². The van der Waals surface area contributed by atoms with Gasteiger partial charge in [0.2, 0.25) is 0 Å². The lowest BCUT2D eigenvalue weighted by Gasteiger charge is -2.07. The van der Waals surface area contributed by atoms with E-state index in [4.69, 9.17) is 0 Å². The van der Waals surface area contributed by atoms with Gasteiger partial charge in [0.1, 0.15) is 3.57 Å². The maximum atomic E-state index is 11.5. The molecule has 2 N–H and O–H groups in total. The zero-order valence-corrected chi connectivity index (χ0v) is 12.0. The van der Waals surface area contributed by atoms with Gasteiger partial charge in [-0.05, 0) is 45.5 Å². The van der Waals surface area contributed by atoms with E-state index in [1.807, 2.05) is 52.9 Å². The molecule has 94 valence electrons. The van der Waals surface area contributed by atoms with Gasteiger partial charge in [-0.1, -0.05) is 30.3 Å². The van der Waals surface area contributed by atoms with Crippen molar-refractivity contribution in [3.05, 3.63) is 62.7 Å². The lowest BCUT2D eigenvalue weighted by molar-refractivity contribution is 1.10. The number of hydrogen-bond acceptors (Lipinski definition) is 3. The van der Waals surface area contributed by atoms with Crippen molar-refractivity contribution < 1.29 is 0 Å². The summed E-state index contributed by atoms with van der Waals surface area (Å²) in [5, 5.41) is 5.49. The second-order valence-electron chi connectivity index (χ2n) is 4.08. The zero-order chi connectivity index (χ0) is 13.2.